The fourth-order valence-corrected chi connectivity index (χ4v) is 1.85. The summed E-state index contributed by atoms with van der Waals surface area (Å²) in [5, 5.41) is 0. The molecule has 1 saturated carbocycles. The molecule has 0 spiro atoms. The van der Waals surface area contributed by atoms with Crippen LogP contribution in [0.4, 0.5) is 8.78 Å². The van der Waals surface area contributed by atoms with Crippen LogP contribution in [-0.4, -0.2) is 29.9 Å². The molecular formula is C13H16F2N2O. The van der Waals surface area contributed by atoms with Crippen LogP contribution in [0, 0.1) is 11.6 Å². The zero-order valence-electron chi connectivity index (χ0n) is 10.2. The summed E-state index contributed by atoms with van der Waals surface area (Å²) in [6.45, 7) is 0.332. The van der Waals surface area contributed by atoms with E-state index in [1.165, 1.54) is 4.90 Å². The van der Waals surface area contributed by atoms with E-state index >= 15 is 0 Å². The smallest absolute Gasteiger partial charge is 0.242 e. The second-order valence-electron chi connectivity index (χ2n) is 4.87. The van der Waals surface area contributed by atoms with Gasteiger partial charge in [-0.1, -0.05) is 0 Å². The molecule has 0 atom stereocenters. The van der Waals surface area contributed by atoms with E-state index in [0.717, 1.165) is 18.2 Å². The van der Waals surface area contributed by atoms with Crippen LogP contribution in [0.5, 0.6) is 0 Å². The molecule has 1 aliphatic carbocycles. The van der Waals surface area contributed by atoms with Crippen molar-refractivity contribution in [1.29, 1.82) is 0 Å². The van der Waals surface area contributed by atoms with Gasteiger partial charge in [0.2, 0.25) is 5.91 Å². The molecule has 3 nitrogen and oxygen atoms in total. The number of hydrogen-bond donors (Lipinski definition) is 1. The summed E-state index contributed by atoms with van der Waals surface area (Å²) in [6.07, 6.45) is 1.68. The Morgan fingerprint density at radius 1 is 1.44 bits per heavy atom. The standard InChI is InChI=1S/C13H16F2N2O/c1-17(12(18)13(16)5-6-13)7-4-9-8-10(14)2-3-11(9)15/h2-3,8H,4-7,16H2,1H3. The van der Waals surface area contributed by atoms with Crippen molar-refractivity contribution in [2.24, 2.45) is 5.73 Å². The van der Waals surface area contributed by atoms with Crippen molar-refractivity contribution in [2.45, 2.75) is 24.8 Å². The summed E-state index contributed by atoms with van der Waals surface area (Å²) in [5.74, 6) is -1.05. The van der Waals surface area contributed by atoms with Crippen LogP contribution in [0.1, 0.15) is 18.4 Å². The first-order valence-corrected chi connectivity index (χ1v) is 5.91. The molecule has 1 fully saturated rings. The Labute approximate surface area is 105 Å². The average molecular weight is 254 g/mol. The third-order valence-electron chi connectivity index (χ3n) is 3.29. The Morgan fingerprint density at radius 3 is 2.72 bits per heavy atom. The molecule has 0 saturated heterocycles. The van der Waals surface area contributed by atoms with Crippen LogP contribution in [0.3, 0.4) is 0 Å². The van der Waals surface area contributed by atoms with Gasteiger partial charge in [-0.25, -0.2) is 8.78 Å². The van der Waals surface area contributed by atoms with Crippen molar-refractivity contribution in [3.63, 3.8) is 0 Å². The Bertz CT molecular complexity index is 472. The molecule has 0 unspecified atom stereocenters. The monoisotopic (exact) mass is 254 g/mol. The third kappa shape index (κ3) is 2.67. The van der Waals surface area contributed by atoms with Crippen molar-refractivity contribution in [3.8, 4) is 0 Å². The lowest BCUT2D eigenvalue weighted by Gasteiger charge is -2.20. The molecule has 1 amide bonds. The molecule has 1 aromatic rings. The highest BCUT2D eigenvalue weighted by Crippen LogP contribution is 2.33. The van der Waals surface area contributed by atoms with E-state index in [9.17, 15) is 13.6 Å². The molecule has 0 aliphatic heterocycles. The number of halogens is 2. The van der Waals surface area contributed by atoms with E-state index in [0.29, 0.717) is 19.4 Å². The molecule has 18 heavy (non-hydrogen) atoms. The summed E-state index contributed by atoms with van der Waals surface area (Å²) < 4.78 is 26.3. The summed E-state index contributed by atoms with van der Waals surface area (Å²) in [5.41, 5.74) is 5.35. The Hall–Kier alpha value is -1.49. The van der Waals surface area contributed by atoms with Gasteiger partial charge in [-0.15, -0.1) is 0 Å². The molecule has 0 aromatic heterocycles. The molecule has 0 heterocycles. The number of benzene rings is 1. The highest BCUT2D eigenvalue weighted by molar-refractivity contribution is 5.88. The van der Waals surface area contributed by atoms with Gasteiger partial charge in [0.25, 0.3) is 0 Å². The number of carbonyl (C=O) groups excluding carboxylic acids is 1. The quantitative estimate of drug-likeness (QED) is 0.884. The maximum absolute atomic E-state index is 13.4. The summed E-state index contributed by atoms with van der Waals surface area (Å²) >= 11 is 0. The number of nitrogens with zero attached hydrogens (tertiary/aromatic N) is 1. The van der Waals surface area contributed by atoms with Gasteiger partial charge < -0.3 is 10.6 Å². The first kappa shape index (κ1) is 13.0. The van der Waals surface area contributed by atoms with Crippen molar-refractivity contribution in [1.82, 2.24) is 4.90 Å². The van der Waals surface area contributed by atoms with Crippen molar-refractivity contribution in [3.05, 3.63) is 35.4 Å². The summed E-state index contributed by atoms with van der Waals surface area (Å²) in [6, 6.07) is 3.33. The summed E-state index contributed by atoms with van der Waals surface area (Å²) in [4.78, 5) is 13.3. The maximum Gasteiger partial charge on any atom is 0.242 e. The van der Waals surface area contributed by atoms with Gasteiger partial charge in [-0.3, -0.25) is 4.79 Å². The molecule has 2 rings (SSSR count). The zero-order chi connectivity index (χ0) is 13.3. The average Bonchev–Trinajstić information content (AvgIpc) is 3.08. The fraction of sp³-hybridized carbons (Fsp3) is 0.462. The third-order valence-corrected chi connectivity index (χ3v) is 3.29. The van der Waals surface area contributed by atoms with Crippen molar-refractivity contribution >= 4 is 5.91 Å². The van der Waals surface area contributed by atoms with Gasteiger partial charge in [0.1, 0.15) is 11.6 Å². The topological polar surface area (TPSA) is 46.3 Å². The number of carbonyl (C=O) groups is 1. The minimum atomic E-state index is -0.713. The van der Waals surface area contributed by atoms with Gasteiger partial charge in [-0.05, 0) is 43.0 Å². The molecule has 5 heteroatoms. The SMILES string of the molecule is CN(CCc1cc(F)ccc1F)C(=O)C1(N)CC1. The number of likely N-dealkylation sites (N-methyl/N-ethyl adjacent to an activating group) is 1. The lowest BCUT2D eigenvalue weighted by molar-refractivity contribution is -0.132. The first-order valence-electron chi connectivity index (χ1n) is 5.91. The van der Waals surface area contributed by atoms with Crippen LogP contribution in [0.25, 0.3) is 0 Å². The van der Waals surface area contributed by atoms with Gasteiger partial charge in [0.05, 0.1) is 5.54 Å². The molecule has 98 valence electrons. The molecule has 1 aromatic carbocycles. The highest BCUT2D eigenvalue weighted by atomic mass is 19.1. The second-order valence-corrected chi connectivity index (χ2v) is 4.87. The Morgan fingerprint density at radius 2 is 2.11 bits per heavy atom. The van der Waals surface area contributed by atoms with E-state index in [-0.39, 0.29) is 17.9 Å². The fourth-order valence-electron chi connectivity index (χ4n) is 1.85. The molecule has 2 N–H and O–H groups in total. The van der Waals surface area contributed by atoms with Crippen molar-refractivity contribution in [2.75, 3.05) is 13.6 Å². The van der Waals surface area contributed by atoms with Gasteiger partial charge in [0, 0.05) is 13.6 Å². The number of nitrogens with two attached hydrogens (primary N) is 1. The van der Waals surface area contributed by atoms with E-state index < -0.39 is 17.2 Å². The predicted octanol–water partition coefficient (Wildman–Crippen LogP) is 1.46. The maximum atomic E-state index is 13.4. The normalized spacial score (nSPS) is 16.4. The zero-order valence-corrected chi connectivity index (χ0v) is 10.2. The lowest BCUT2D eigenvalue weighted by atomic mass is 10.1. The first-order chi connectivity index (χ1) is 8.42. The number of rotatable bonds is 4. The molecule has 0 bridgehead atoms. The van der Waals surface area contributed by atoms with E-state index in [2.05, 4.69) is 0 Å². The van der Waals surface area contributed by atoms with Crippen LogP contribution in [-0.2, 0) is 11.2 Å². The highest BCUT2D eigenvalue weighted by Gasteiger charge is 2.47. The van der Waals surface area contributed by atoms with Crippen LogP contribution in [0.2, 0.25) is 0 Å². The van der Waals surface area contributed by atoms with Gasteiger partial charge in [0.15, 0.2) is 0 Å². The number of hydrogen-bond acceptors (Lipinski definition) is 2. The van der Waals surface area contributed by atoms with E-state index in [1.807, 2.05) is 0 Å². The molecule has 0 radical (unpaired) electrons. The van der Waals surface area contributed by atoms with Crippen LogP contribution >= 0.6 is 0 Å². The van der Waals surface area contributed by atoms with E-state index in [4.69, 9.17) is 5.73 Å². The van der Waals surface area contributed by atoms with Crippen molar-refractivity contribution < 1.29 is 13.6 Å². The Balaban J connectivity index is 1.95. The minimum Gasteiger partial charge on any atom is -0.344 e. The second kappa shape index (κ2) is 4.65. The molecule has 1 aliphatic rings. The van der Waals surface area contributed by atoms with Gasteiger partial charge >= 0.3 is 0 Å². The van der Waals surface area contributed by atoms with Gasteiger partial charge in [-0.2, -0.15) is 0 Å². The molecular weight excluding hydrogens is 238 g/mol. The lowest BCUT2D eigenvalue weighted by Crippen LogP contribution is -2.44. The van der Waals surface area contributed by atoms with E-state index in [1.54, 1.807) is 7.05 Å². The Kier molecular flexibility index (Phi) is 3.34. The van der Waals surface area contributed by atoms with Crippen LogP contribution in [0.15, 0.2) is 18.2 Å². The number of amides is 1. The summed E-state index contributed by atoms with van der Waals surface area (Å²) in [7, 11) is 1.63. The minimum absolute atomic E-state index is 0.126. The predicted molar refractivity (Wildman–Crippen MR) is 63.9 cm³/mol. The van der Waals surface area contributed by atoms with Crippen LogP contribution < -0.4 is 5.73 Å². The largest absolute Gasteiger partial charge is 0.344 e.